The largest absolute Gasteiger partial charge is 0.360 e. The summed E-state index contributed by atoms with van der Waals surface area (Å²) in [5.74, 6) is 1.03. The third-order valence-corrected chi connectivity index (χ3v) is 2.88. The van der Waals surface area contributed by atoms with Crippen molar-refractivity contribution in [3.63, 3.8) is 0 Å². The number of aromatic nitrogens is 1. The lowest BCUT2D eigenvalue weighted by Gasteiger charge is -2.06. The van der Waals surface area contributed by atoms with Crippen LogP contribution in [-0.2, 0) is 0 Å². The molecule has 0 aliphatic heterocycles. The summed E-state index contributed by atoms with van der Waals surface area (Å²) in [5.41, 5.74) is 0.724. The number of nitrogens with zero attached hydrogens (tertiary/aromatic N) is 1. The predicted octanol–water partition coefficient (Wildman–Crippen LogP) is 3.78. The highest BCUT2D eigenvalue weighted by Crippen LogP contribution is 2.19. The maximum atomic E-state index is 11.8. The van der Waals surface area contributed by atoms with Gasteiger partial charge in [-0.25, -0.2) is 4.79 Å². The van der Waals surface area contributed by atoms with Gasteiger partial charge in [0.2, 0.25) is 0 Å². The van der Waals surface area contributed by atoms with Crippen LogP contribution >= 0.6 is 0 Å². The summed E-state index contributed by atoms with van der Waals surface area (Å²) in [6, 6.07) is 15.0. The van der Waals surface area contributed by atoms with E-state index >= 15 is 0 Å². The molecule has 1 aromatic heterocycles. The van der Waals surface area contributed by atoms with E-state index in [-0.39, 0.29) is 6.03 Å². The van der Waals surface area contributed by atoms with Gasteiger partial charge in [-0.15, -0.1) is 0 Å². The van der Waals surface area contributed by atoms with Gasteiger partial charge in [0.05, 0.1) is 0 Å². The first-order valence-electron chi connectivity index (χ1n) is 6.21. The maximum Gasteiger partial charge on any atom is 0.324 e. The summed E-state index contributed by atoms with van der Waals surface area (Å²) in [5, 5.41) is 11.3. The van der Waals surface area contributed by atoms with E-state index in [0.717, 1.165) is 16.5 Å². The molecule has 20 heavy (non-hydrogen) atoms. The number of urea groups is 1. The number of hydrogen-bond acceptors (Lipinski definition) is 3. The van der Waals surface area contributed by atoms with Crippen molar-refractivity contribution in [3.05, 3.63) is 54.3 Å². The third-order valence-electron chi connectivity index (χ3n) is 2.88. The highest BCUT2D eigenvalue weighted by atomic mass is 16.5. The number of carbonyl (C=O) groups is 1. The molecular weight excluding hydrogens is 254 g/mol. The molecule has 2 N–H and O–H groups in total. The molecular formula is C15H13N3O2. The van der Waals surface area contributed by atoms with Gasteiger partial charge in [0.1, 0.15) is 5.76 Å². The zero-order valence-electron chi connectivity index (χ0n) is 10.9. The zero-order valence-corrected chi connectivity index (χ0v) is 10.9. The molecule has 0 spiro atoms. The summed E-state index contributed by atoms with van der Waals surface area (Å²) in [4.78, 5) is 11.8. The van der Waals surface area contributed by atoms with Gasteiger partial charge in [-0.05, 0) is 29.8 Å². The average Bonchev–Trinajstić information content (AvgIpc) is 2.83. The standard InChI is InChI=1S/C15H13N3O2/c1-10-8-14(18-20-10)17-15(19)16-13-7-6-11-4-2-3-5-12(11)9-13/h2-9H,1H3,(H2,16,17,18,19). The molecule has 2 aromatic carbocycles. The van der Waals surface area contributed by atoms with Crippen LogP contribution in [-0.4, -0.2) is 11.2 Å². The van der Waals surface area contributed by atoms with Crippen LogP contribution in [0.1, 0.15) is 5.76 Å². The van der Waals surface area contributed by atoms with Gasteiger partial charge in [0.15, 0.2) is 5.82 Å². The van der Waals surface area contributed by atoms with Crippen molar-refractivity contribution in [2.75, 3.05) is 10.6 Å². The molecule has 3 rings (SSSR count). The summed E-state index contributed by atoms with van der Waals surface area (Å²) < 4.78 is 4.88. The Kier molecular flexibility index (Phi) is 3.09. The Morgan fingerprint density at radius 3 is 2.60 bits per heavy atom. The molecule has 0 aliphatic carbocycles. The molecule has 2 amide bonds. The molecule has 0 unspecified atom stereocenters. The topological polar surface area (TPSA) is 67.2 Å². The Labute approximate surface area is 115 Å². The molecule has 0 atom stereocenters. The van der Waals surface area contributed by atoms with E-state index in [2.05, 4.69) is 15.8 Å². The van der Waals surface area contributed by atoms with Crippen LogP contribution in [0.2, 0.25) is 0 Å². The first-order chi connectivity index (χ1) is 9.70. The normalized spacial score (nSPS) is 10.4. The third kappa shape index (κ3) is 2.61. The highest BCUT2D eigenvalue weighted by Gasteiger charge is 2.06. The lowest BCUT2D eigenvalue weighted by atomic mass is 10.1. The molecule has 3 aromatic rings. The lowest BCUT2D eigenvalue weighted by molar-refractivity contribution is 0.262. The molecule has 100 valence electrons. The van der Waals surface area contributed by atoms with E-state index < -0.39 is 0 Å². The lowest BCUT2D eigenvalue weighted by Crippen LogP contribution is -2.19. The maximum absolute atomic E-state index is 11.8. The number of amides is 2. The Hall–Kier alpha value is -2.82. The van der Waals surface area contributed by atoms with Crippen LogP contribution in [0.15, 0.2) is 53.1 Å². The molecule has 0 fully saturated rings. The second kappa shape index (κ2) is 5.05. The smallest absolute Gasteiger partial charge is 0.324 e. The second-order valence-electron chi connectivity index (χ2n) is 4.46. The fourth-order valence-electron chi connectivity index (χ4n) is 1.97. The van der Waals surface area contributed by atoms with Crippen LogP contribution in [0.4, 0.5) is 16.3 Å². The van der Waals surface area contributed by atoms with E-state index in [1.165, 1.54) is 0 Å². The summed E-state index contributed by atoms with van der Waals surface area (Å²) >= 11 is 0. The van der Waals surface area contributed by atoms with Gasteiger partial charge in [-0.1, -0.05) is 35.5 Å². The second-order valence-corrected chi connectivity index (χ2v) is 4.46. The zero-order chi connectivity index (χ0) is 13.9. The molecule has 0 radical (unpaired) electrons. The van der Waals surface area contributed by atoms with E-state index in [9.17, 15) is 4.79 Å². The first kappa shape index (κ1) is 12.2. The number of anilines is 2. The Bertz CT molecular complexity index is 764. The van der Waals surface area contributed by atoms with Crippen molar-refractivity contribution in [2.45, 2.75) is 6.92 Å². The van der Waals surface area contributed by atoms with E-state index in [1.54, 1.807) is 13.0 Å². The fourth-order valence-corrected chi connectivity index (χ4v) is 1.97. The number of fused-ring (bicyclic) bond motifs is 1. The number of hydrogen-bond donors (Lipinski definition) is 2. The van der Waals surface area contributed by atoms with Crippen molar-refractivity contribution >= 4 is 28.3 Å². The van der Waals surface area contributed by atoms with Gasteiger partial charge in [-0.3, -0.25) is 5.32 Å². The van der Waals surface area contributed by atoms with Gasteiger partial charge in [0.25, 0.3) is 0 Å². The molecule has 5 heteroatoms. The van der Waals surface area contributed by atoms with Crippen LogP contribution < -0.4 is 10.6 Å². The highest BCUT2D eigenvalue weighted by molar-refractivity contribution is 6.00. The van der Waals surface area contributed by atoms with Crippen molar-refractivity contribution < 1.29 is 9.32 Å². The Morgan fingerprint density at radius 2 is 1.85 bits per heavy atom. The summed E-state index contributed by atoms with van der Waals surface area (Å²) in [6.07, 6.45) is 0. The average molecular weight is 267 g/mol. The minimum atomic E-state index is -0.353. The Balaban J connectivity index is 1.73. The number of aryl methyl sites for hydroxylation is 1. The summed E-state index contributed by atoms with van der Waals surface area (Å²) in [6.45, 7) is 1.76. The fraction of sp³-hybridized carbons (Fsp3) is 0.0667. The molecule has 5 nitrogen and oxygen atoms in total. The van der Waals surface area contributed by atoms with Crippen molar-refractivity contribution in [2.24, 2.45) is 0 Å². The van der Waals surface area contributed by atoms with E-state index in [4.69, 9.17) is 4.52 Å². The first-order valence-corrected chi connectivity index (χ1v) is 6.21. The molecule has 0 aliphatic rings. The monoisotopic (exact) mass is 267 g/mol. The molecule has 0 bridgehead atoms. The van der Waals surface area contributed by atoms with E-state index in [0.29, 0.717) is 11.6 Å². The minimum absolute atomic E-state index is 0.353. The van der Waals surface area contributed by atoms with Gasteiger partial charge in [-0.2, -0.15) is 0 Å². The number of carbonyl (C=O) groups excluding carboxylic acids is 1. The van der Waals surface area contributed by atoms with Gasteiger partial charge in [0, 0.05) is 11.8 Å². The molecule has 0 saturated heterocycles. The van der Waals surface area contributed by atoms with Crippen LogP contribution in [0.25, 0.3) is 10.8 Å². The number of rotatable bonds is 2. The predicted molar refractivity (Wildman–Crippen MR) is 77.8 cm³/mol. The van der Waals surface area contributed by atoms with Crippen LogP contribution in [0, 0.1) is 6.92 Å². The molecule has 0 saturated carbocycles. The molecule has 1 heterocycles. The SMILES string of the molecule is Cc1cc(NC(=O)Nc2ccc3ccccc3c2)no1. The van der Waals surface area contributed by atoms with Crippen molar-refractivity contribution in [1.82, 2.24) is 5.16 Å². The summed E-state index contributed by atoms with van der Waals surface area (Å²) in [7, 11) is 0. The van der Waals surface area contributed by atoms with Gasteiger partial charge < -0.3 is 9.84 Å². The Morgan fingerprint density at radius 1 is 1.05 bits per heavy atom. The van der Waals surface area contributed by atoms with Crippen molar-refractivity contribution in [3.8, 4) is 0 Å². The number of nitrogens with one attached hydrogen (secondary N) is 2. The number of benzene rings is 2. The van der Waals surface area contributed by atoms with Crippen molar-refractivity contribution in [1.29, 1.82) is 0 Å². The van der Waals surface area contributed by atoms with Crippen LogP contribution in [0.3, 0.4) is 0 Å². The minimum Gasteiger partial charge on any atom is -0.360 e. The van der Waals surface area contributed by atoms with Gasteiger partial charge >= 0.3 is 6.03 Å². The van der Waals surface area contributed by atoms with Crippen LogP contribution in [0.5, 0.6) is 0 Å². The van der Waals surface area contributed by atoms with E-state index in [1.807, 2.05) is 42.5 Å². The quantitative estimate of drug-likeness (QED) is 0.742.